The van der Waals surface area contributed by atoms with Gasteiger partial charge in [-0.2, -0.15) is 0 Å². The molecule has 1 aromatic rings. The van der Waals surface area contributed by atoms with Gasteiger partial charge in [-0.05, 0) is 96.2 Å². The van der Waals surface area contributed by atoms with Crippen LogP contribution < -0.4 is 5.32 Å². The third-order valence-corrected chi connectivity index (χ3v) is 9.96. The average Bonchev–Trinajstić information content (AvgIpc) is 3.40. The van der Waals surface area contributed by atoms with Gasteiger partial charge in [-0.15, -0.1) is 0 Å². The molecule has 2 aliphatic heterocycles. The minimum atomic E-state index is -0.590. The van der Waals surface area contributed by atoms with Crippen LogP contribution in [0.3, 0.4) is 0 Å². The number of hydrogen-bond acceptors (Lipinski definition) is 3. The van der Waals surface area contributed by atoms with Gasteiger partial charge in [0.1, 0.15) is 11.6 Å². The SMILES string of the molecule is CC(=O)NC(C)(C)CC(C1CCCC1)C1CCN(C(=O)[C@@H]2CCN(C(C)(C)C)C[C@H]2c2ccc(F)cc2F)CC1. The first-order valence-corrected chi connectivity index (χ1v) is 15.5. The van der Waals surface area contributed by atoms with Crippen molar-refractivity contribution in [2.45, 2.75) is 110 Å². The molecule has 2 heterocycles. The number of piperidine rings is 2. The van der Waals surface area contributed by atoms with Crippen molar-refractivity contribution in [1.29, 1.82) is 0 Å². The van der Waals surface area contributed by atoms with Gasteiger partial charge in [-0.1, -0.05) is 31.7 Å². The summed E-state index contributed by atoms with van der Waals surface area (Å²) in [5.41, 5.74) is 0.103. The van der Waals surface area contributed by atoms with Gasteiger partial charge in [-0.25, -0.2) is 8.78 Å². The van der Waals surface area contributed by atoms with Gasteiger partial charge in [0, 0.05) is 55.5 Å². The molecule has 5 nitrogen and oxygen atoms in total. The van der Waals surface area contributed by atoms with E-state index in [1.165, 1.54) is 37.8 Å². The van der Waals surface area contributed by atoms with Crippen molar-refractivity contribution in [3.8, 4) is 0 Å². The van der Waals surface area contributed by atoms with Crippen molar-refractivity contribution >= 4 is 11.8 Å². The zero-order valence-corrected chi connectivity index (χ0v) is 25.6. The summed E-state index contributed by atoms with van der Waals surface area (Å²) in [6, 6.07) is 3.80. The number of nitrogens with zero attached hydrogens (tertiary/aromatic N) is 2. The summed E-state index contributed by atoms with van der Waals surface area (Å²) in [6.07, 6.45) is 8.68. The summed E-state index contributed by atoms with van der Waals surface area (Å²) < 4.78 is 28.8. The van der Waals surface area contributed by atoms with E-state index >= 15 is 4.39 Å². The van der Waals surface area contributed by atoms with E-state index in [0.29, 0.717) is 36.3 Å². The molecule has 1 aliphatic carbocycles. The number of halogens is 2. The fourth-order valence-electron chi connectivity index (χ4n) is 7.98. The molecule has 7 heteroatoms. The van der Waals surface area contributed by atoms with Crippen LogP contribution >= 0.6 is 0 Å². The van der Waals surface area contributed by atoms with E-state index in [2.05, 4.69) is 44.8 Å². The minimum absolute atomic E-state index is 0.0141. The molecule has 40 heavy (non-hydrogen) atoms. The first kappa shape index (κ1) is 30.9. The summed E-state index contributed by atoms with van der Waals surface area (Å²) in [5.74, 6) is 0.144. The van der Waals surface area contributed by atoms with Crippen LogP contribution in [0.2, 0.25) is 0 Å². The van der Waals surface area contributed by atoms with Crippen molar-refractivity contribution in [3.63, 3.8) is 0 Å². The number of rotatable bonds is 7. The third kappa shape index (κ3) is 7.43. The Morgan fingerprint density at radius 1 is 0.950 bits per heavy atom. The van der Waals surface area contributed by atoms with Crippen LogP contribution in [0.15, 0.2) is 18.2 Å². The van der Waals surface area contributed by atoms with Crippen molar-refractivity contribution < 1.29 is 18.4 Å². The number of likely N-dealkylation sites (tertiary alicyclic amines) is 2. The van der Waals surface area contributed by atoms with Crippen molar-refractivity contribution in [1.82, 2.24) is 15.1 Å². The van der Waals surface area contributed by atoms with Gasteiger partial charge in [-0.3, -0.25) is 14.5 Å². The molecule has 1 N–H and O–H groups in total. The Hall–Kier alpha value is -2.02. The molecule has 1 saturated carbocycles. The van der Waals surface area contributed by atoms with Crippen LogP contribution in [-0.2, 0) is 9.59 Å². The molecule has 0 radical (unpaired) electrons. The molecule has 2 amide bonds. The van der Waals surface area contributed by atoms with Gasteiger partial charge in [0.05, 0.1) is 0 Å². The van der Waals surface area contributed by atoms with Crippen molar-refractivity contribution in [3.05, 3.63) is 35.4 Å². The molecule has 3 aliphatic rings. The number of carbonyl (C=O) groups excluding carboxylic acids is 2. The maximum Gasteiger partial charge on any atom is 0.226 e. The first-order valence-electron chi connectivity index (χ1n) is 15.5. The first-order chi connectivity index (χ1) is 18.7. The Bertz CT molecular complexity index is 1040. The second-order valence-electron chi connectivity index (χ2n) is 14.4. The second-order valence-corrected chi connectivity index (χ2v) is 14.4. The van der Waals surface area contributed by atoms with E-state index in [1.807, 2.05) is 4.90 Å². The lowest BCUT2D eigenvalue weighted by Gasteiger charge is -2.47. The second kappa shape index (κ2) is 12.5. The van der Waals surface area contributed by atoms with Crippen molar-refractivity contribution in [2.24, 2.45) is 23.7 Å². The van der Waals surface area contributed by atoms with Gasteiger partial charge in [0.25, 0.3) is 0 Å². The Kier molecular flexibility index (Phi) is 9.64. The number of nitrogens with one attached hydrogen (secondary N) is 1. The lowest BCUT2D eigenvalue weighted by molar-refractivity contribution is -0.140. The van der Waals surface area contributed by atoms with E-state index in [1.54, 1.807) is 6.92 Å². The summed E-state index contributed by atoms with van der Waals surface area (Å²) in [4.78, 5) is 30.2. The monoisotopic (exact) mass is 559 g/mol. The Morgan fingerprint density at radius 2 is 1.57 bits per heavy atom. The molecule has 0 spiro atoms. The van der Waals surface area contributed by atoms with Crippen LogP contribution in [0.5, 0.6) is 0 Å². The van der Waals surface area contributed by atoms with Gasteiger partial charge >= 0.3 is 0 Å². The Labute approximate surface area is 240 Å². The maximum absolute atomic E-state index is 15.0. The lowest BCUT2D eigenvalue weighted by atomic mass is 9.70. The molecule has 0 aromatic heterocycles. The van der Waals surface area contributed by atoms with Gasteiger partial charge < -0.3 is 10.2 Å². The minimum Gasteiger partial charge on any atom is -0.351 e. The predicted molar refractivity (Wildman–Crippen MR) is 156 cm³/mol. The summed E-state index contributed by atoms with van der Waals surface area (Å²) in [6.45, 7) is 15.1. The van der Waals surface area contributed by atoms with E-state index in [9.17, 15) is 14.0 Å². The number of benzene rings is 1. The zero-order valence-electron chi connectivity index (χ0n) is 25.6. The normalized spacial score (nSPS) is 24.8. The molecular weight excluding hydrogens is 508 g/mol. The molecule has 1 unspecified atom stereocenters. The summed E-state index contributed by atoms with van der Waals surface area (Å²) in [7, 11) is 0. The highest BCUT2D eigenvalue weighted by atomic mass is 19.1. The Morgan fingerprint density at radius 3 is 2.15 bits per heavy atom. The highest BCUT2D eigenvalue weighted by Gasteiger charge is 2.43. The highest BCUT2D eigenvalue weighted by Crippen LogP contribution is 2.44. The van der Waals surface area contributed by atoms with Crippen LogP contribution in [0.25, 0.3) is 0 Å². The molecule has 2 saturated heterocycles. The number of hydrogen-bond donors (Lipinski definition) is 1. The molecule has 3 fully saturated rings. The molecular formula is C33H51F2N3O2. The van der Waals surface area contributed by atoms with Crippen LogP contribution in [-0.4, -0.2) is 58.9 Å². The fraction of sp³-hybridized carbons (Fsp3) is 0.758. The molecule has 3 atom stereocenters. The van der Waals surface area contributed by atoms with E-state index < -0.39 is 11.6 Å². The third-order valence-electron chi connectivity index (χ3n) is 9.96. The average molecular weight is 560 g/mol. The van der Waals surface area contributed by atoms with Crippen LogP contribution in [0.4, 0.5) is 8.78 Å². The fourth-order valence-corrected chi connectivity index (χ4v) is 7.98. The summed E-state index contributed by atoms with van der Waals surface area (Å²) in [5, 5.41) is 3.16. The Balaban J connectivity index is 1.47. The molecule has 224 valence electrons. The standard InChI is InChI=1S/C33H51F2N3O2/c1-22(39)36-33(5,6)20-28(23-9-7-8-10-23)24-13-16-37(17-14-24)31(40)27-15-18-38(32(2,3)4)21-29(27)26-12-11-25(34)19-30(26)35/h11-12,19,23-24,27-29H,7-10,13-18,20-21H2,1-6H3,(H,36,39)/t27-,28?,29+/m1/s1. The van der Waals surface area contributed by atoms with Gasteiger partial charge in [0.2, 0.25) is 11.8 Å². The summed E-state index contributed by atoms with van der Waals surface area (Å²) >= 11 is 0. The van der Waals surface area contributed by atoms with Gasteiger partial charge in [0.15, 0.2) is 0 Å². The zero-order chi connectivity index (χ0) is 29.2. The quantitative estimate of drug-likeness (QED) is 0.414. The predicted octanol–water partition coefficient (Wildman–Crippen LogP) is 6.52. The largest absolute Gasteiger partial charge is 0.351 e. The highest BCUT2D eigenvalue weighted by molar-refractivity contribution is 5.80. The van der Waals surface area contributed by atoms with E-state index in [-0.39, 0.29) is 34.7 Å². The van der Waals surface area contributed by atoms with Crippen LogP contribution in [0, 0.1) is 35.3 Å². The molecule has 0 bridgehead atoms. The smallest absolute Gasteiger partial charge is 0.226 e. The molecule has 4 rings (SSSR count). The lowest BCUT2D eigenvalue weighted by Crippen LogP contribution is -2.53. The van der Waals surface area contributed by atoms with E-state index in [4.69, 9.17) is 0 Å². The molecule has 1 aromatic carbocycles. The topological polar surface area (TPSA) is 52.7 Å². The van der Waals surface area contributed by atoms with E-state index in [0.717, 1.165) is 45.0 Å². The number of amides is 2. The maximum atomic E-state index is 15.0. The van der Waals surface area contributed by atoms with Crippen LogP contribution in [0.1, 0.15) is 104 Å². The van der Waals surface area contributed by atoms with Crippen molar-refractivity contribution in [2.75, 3.05) is 26.2 Å². The number of carbonyl (C=O) groups is 2.